The van der Waals surface area contributed by atoms with Crippen LogP contribution >= 0.6 is 0 Å². The molecule has 182 valence electrons. The molecule has 2 saturated heterocycles. The highest BCUT2D eigenvalue weighted by Crippen LogP contribution is 2.40. The summed E-state index contributed by atoms with van der Waals surface area (Å²) < 4.78 is 11.9. The maximum Gasteiger partial charge on any atom is 0.338 e. The molecule has 0 aliphatic carbocycles. The van der Waals surface area contributed by atoms with E-state index in [9.17, 15) is 9.59 Å². The molecule has 5 heteroatoms. The van der Waals surface area contributed by atoms with Gasteiger partial charge in [0.15, 0.2) is 0 Å². The van der Waals surface area contributed by atoms with Crippen molar-refractivity contribution in [3.05, 3.63) is 83.4 Å². The lowest BCUT2D eigenvalue weighted by Gasteiger charge is -2.42. The number of ether oxygens (including phenoxy) is 2. The minimum Gasteiger partial charge on any atom is -0.465 e. The summed E-state index contributed by atoms with van der Waals surface area (Å²) in [5.74, 6) is -0.964. The van der Waals surface area contributed by atoms with Crippen LogP contribution in [-0.2, 0) is 14.3 Å². The molecule has 0 N–H and O–H groups in total. The van der Waals surface area contributed by atoms with Gasteiger partial charge in [-0.2, -0.15) is 0 Å². The van der Waals surface area contributed by atoms with Gasteiger partial charge in [0.05, 0.1) is 18.1 Å². The Morgan fingerprint density at radius 1 is 1.00 bits per heavy atom. The minimum absolute atomic E-state index is 0.0397. The normalized spacial score (nSPS) is 24.8. The van der Waals surface area contributed by atoms with Crippen LogP contribution in [0.3, 0.4) is 0 Å². The van der Waals surface area contributed by atoms with E-state index >= 15 is 0 Å². The second kappa shape index (κ2) is 9.82. The van der Waals surface area contributed by atoms with Crippen LogP contribution in [0.1, 0.15) is 53.6 Å². The highest BCUT2D eigenvalue weighted by atomic mass is 16.6. The number of fused-ring (bicyclic) bond motifs is 3. The molecule has 2 aliphatic rings. The van der Waals surface area contributed by atoms with Crippen LogP contribution in [0.4, 0.5) is 0 Å². The molecule has 0 aromatic heterocycles. The van der Waals surface area contributed by atoms with Gasteiger partial charge in [0, 0.05) is 24.4 Å². The van der Waals surface area contributed by atoms with E-state index in [4.69, 9.17) is 9.47 Å². The smallest absolute Gasteiger partial charge is 0.338 e. The monoisotopic (exact) mass is 471 g/mol. The second-order valence-corrected chi connectivity index (χ2v) is 10.1. The average molecular weight is 472 g/mol. The fourth-order valence-corrected chi connectivity index (χ4v) is 5.76. The lowest BCUT2D eigenvalue weighted by atomic mass is 9.88. The van der Waals surface area contributed by atoms with Gasteiger partial charge in [-0.25, -0.2) is 4.79 Å². The van der Waals surface area contributed by atoms with Crippen LogP contribution in [0.5, 0.6) is 0 Å². The largest absolute Gasteiger partial charge is 0.465 e. The third-order valence-electron chi connectivity index (χ3n) is 7.93. The van der Waals surface area contributed by atoms with Crippen molar-refractivity contribution in [2.45, 2.75) is 57.2 Å². The Labute approximate surface area is 207 Å². The Hall–Kier alpha value is -3.18. The Balaban J connectivity index is 1.28. The van der Waals surface area contributed by atoms with Gasteiger partial charge in [-0.05, 0) is 62.2 Å². The maximum absolute atomic E-state index is 13.1. The van der Waals surface area contributed by atoms with Gasteiger partial charge in [0.2, 0.25) is 0 Å². The highest BCUT2D eigenvalue weighted by molar-refractivity contribution is 5.89. The topological polar surface area (TPSA) is 55.8 Å². The summed E-state index contributed by atoms with van der Waals surface area (Å²) in [6, 6.07) is 22.2. The number of nitrogens with zero attached hydrogens (tertiary/aromatic N) is 1. The predicted octanol–water partition coefficient (Wildman–Crippen LogP) is 5.50. The van der Waals surface area contributed by atoms with E-state index in [1.165, 1.54) is 10.9 Å². The molecule has 5 unspecified atom stereocenters. The Morgan fingerprint density at radius 2 is 1.74 bits per heavy atom. The van der Waals surface area contributed by atoms with Crippen molar-refractivity contribution in [2.24, 2.45) is 5.92 Å². The number of rotatable bonds is 6. The van der Waals surface area contributed by atoms with Crippen LogP contribution in [0.15, 0.2) is 66.7 Å². The molecule has 0 spiro atoms. The van der Waals surface area contributed by atoms with Crippen molar-refractivity contribution in [1.82, 2.24) is 4.90 Å². The number of carbonyl (C=O) groups is 2. The standard InChI is InChI=1S/C30H33NO4/c1-19-9-10-24-16-22(11-12-23(24)15-19)20(2)29(32)34-18-26-27-14-13-25(31(27)3)17-28(26)35-30(33)21-7-5-4-6-8-21/h4-12,15-16,20,25-28H,13-14,17-18H2,1-3H3. The molecule has 2 bridgehead atoms. The number of benzene rings is 3. The lowest BCUT2D eigenvalue weighted by Crippen LogP contribution is -2.52. The van der Waals surface area contributed by atoms with E-state index < -0.39 is 0 Å². The SMILES string of the molecule is Cc1ccc2cc(C(C)C(=O)OCC3C(OC(=O)c4ccccc4)CC4CCC3N4C)ccc2c1. The first-order valence-corrected chi connectivity index (χ1v) is 12.6. The summed E-state index contributed by atoms with van der Waals surface area (Å²) in [5, 5.41) is 2.28. The second-order valence-electron chi connectivity index (χ2n) is 10.1. The average Bonchev–Trinajstić information content (AvgIpc) is 3.12. The van der Waals surface area contributed by atoms with Crippen LogP contribution < -0.4 is 0 Å². The number of hydrogen-bond donors (Lipinski definition) is 0. The van der Waals surface area contributed by atoms with Gasteiger partial charge in [0.1, 0.15) is 6.10 Å². The van der Waals surface area contributed by atoms with Gasteiger partial charge in [0.25, 0.3) is 0 Å². The van der Waals surface area contributed by atoms with E-state index in [1.807, 2.05) is 31.2 Å². The molecule has 2 heterocycles. The zero-order chi connectivity index (χ0) is 24.5. The predicted molar refractivity (Wildman–Crippen MR) is 136 cm³/mol. The molecule has 2 fully saturated rings. The quantitative estimate of drug-likeness (QED) is 0.444. The van der Waals surface area contributed by atoms with Crippen LogP contribution in [0, 0.1) is 12.8 Å². The first-order chi connectivity index (χ1) is 16.9. The van der Waals surface area contributed by atoms with Gasteiger partial charge in [-0.3, -0.25) is 9.69 Å². The van der Waals surface area contributed by atoms with E-state index in [1.54, 1.807) is 12.1 Å². The number of aryl methyl sites for hydroxylation is 1. The molecule has 2 aliphatic heterocycles. The van der Waals surface area contributed by atoms with E-state index in [2.05, 4.69) is 49.2 Å². The van der Waals surface area contributed by atoms with Gasteiger partial charge >= 0.3 is 11.9 Å². The number of piperidine rings is 1. The molecule has 5 rings (SSSR count). The Kier molecular flexibility index (Phi) is 6.61. The summed E-state index contributed by atoms with van der Waals surface area (Å²) in [7, 11) is 2.13. The fourth-order valence-electron chi connectivity index (χ4n) is 5.76. The summed E-state index contributed by atoms with van der Waals surface area (Å²) >= 11 is 0. The molecular weight excluding hydrogens is 438 g/mol. The molecule has 3 aromatic carbocycles. The van der Waals surface area contributed by atoms with Crippen molar-refractivity contribution in [2.75, 3.05) is 13.7 Å². The van der Waals surface area contributed by atoms with Crippen molar-refractivity contribution in [3.63, 3.8) is 0 Å². The Bertz CT molecular complexity index is 1220. The molecule has 5 atom stereocenters. The van der Waals surface area contributed by atoms with Gasteiger partial charge < -0.3 is 9.47 Å². The molecule has 0 radical (unpaired) electrons. The van der Waals surface area contributed by atoms with Crippen molar-refractivity contribution >= 4 is 22.7 Å². The van der Waals surface area contributed by atoms with E-state index in [0.29, 0.717) is 11.6 Å². The molecule has 0 amide bonds. The third-order valence-corrected chi connectivity index (χ3v) is 7.93. The van der Waals surface area contributed by atoms with Gasteiger partial charge in [-0.15, -0.1) is 0 Å². The summed E-state index contributed by atoms with van der Waals surface area (Å²) in [6.45, 7) is 4.22. The maximum atomic E-state index is 13.1. The highest BCUT2D eigenvalue weighted by Gasteiger charge is 2.47. The third kappa shape index (κ3) is 4.83. The van der Waals surface area contributed by atoms with Crippen LogP contribution in [-0.4, -0.2) is 48.7 Å². The molecule has 5 nitrogen and oxygen atoms in total. The van der Waals surface area contributed by atoms with Crippen molar-refractivity contribution < 1.29 is 19.1 Å². The zero-order valence-electron chi connectivity index (χ0n) is 20.6. The number of hydrogen-bond acceptors (Lipinski definition) is 5. The number of esters is 2. The molecule has 3 aromatic rings. The fraction of sp³-hybridized carbons (Fsp3) is 0.400. The lowest BCUT2D eigenvalue weighted by molar-refractivity contribution is -0.150. The summed E-state index contributed by atoms with van der Waals surface area (Å²) in [4.78, 5) is 28.2. The number of carbonyl (C=O) groups excluding carboxylic acids is 2. The van der Waals surface area contributed by atoms with E-state index in [0.717, 1.165) is 30.2 Å². The molecule has 0 saturated carbocycles. The van der Waals surface area contributed by atoms with Crippen molar-refractivity contribution in [1.29, 1.82) is 0 Å². The molecule has 35 heavy (non-hydrogen) atoms. The van der Waals surface area contributed by atoms with Gasteiger partial charge in [-0.1, -0.05) is 60.2 Å². The van der Waals surface area contributed by atoms with E-state index in [-0.39, 0.29) is 42.5 Å². The first-order valence-electron chi connectivity index (χ1n) is 12.6. The van der Waals surface area contributed by atoms with Crippen molar-refractivity contribution in [3.8, 4) is 0 Å². The van der Waals surface area contributed by atoms with Crippen LogP contribution in [0.2, 0.25) is 0 Å². The molecular formula is C30H33NO4. The first kappa shape index (κ1) is 23.6. The Morgan fingerprint density at radius 3 is 2.54 bits per heavy atom. The summed E-state index contributed by atoms with van der Waals surface area (Å²) in [5.41, 5.74) is 2.71. The summed E-state index contributed by atoms with van der Waals surface area (Å²) in [6.07, 6.45) is 2.62. The minimum atomic E-state index is -0.372. The zero-order valence-corrected chi connectivity index (χ0v) is 20.6. The van der Waals surface area contributed by atoms with Crippen LogP contribution in [0.25, 0.3) is 10.8 Å².